The molecule has 0 bridgehead atoms. The molecule has 0 spiro atoms. The summed E-state index contributed by atoms with van der Waals surface area (Å²) in [4.78, 5) is 17.4. The third-order valence-electron chi connectivity index (χ3n) is 3.58. The highest BCUT2D eigenvalue weighted by atomic mass is 16.5. The summed E-state index contributed by atoms with van der Waals surface area (Å²) in [7, 11) is 0. The van der Waals surface area contributed by atoms with Crippen LogP contribution in [0.5, 0.6) is 0 Å². The fraction of sp³-hybridized carbons (Fsp3) is 0.571. The van der Waals surface area contributed by atoms with Crippen LogP contribution in [0.4, 0.5) is 11.8 Å². The molecule has 112 valence electrons. The number of anilines is 2. The molecule has 7 heteroatoms. The lowest BCUT2D eigenvalue weighted by atomic mass is 10.2. The van der Waals surface area contributed by atoms with Gasteiger partial charge in [0.2, 0.25) is 0 Å². The van der Waals surface area contributed by atoms with Crippen LogP contribution in [-0.2, 0) is 0 Å². The molecule has 0 N–H and O–H groups in total. The molecule has 0 atom stereocenters. The lowest BCUT2D eigenvalue weighted by Gasteiger charge is -2.34. The van der Waals surface area contributed by atoms with Gasteiger partial charge >= 0.3 is 6.01 Å². The maximum atomic E-state index is 5.35. The van der Waals surface area contributed by atoms with Gasteiger partial charge in [-0.25, -0.2) is 9.97 Å². The van der Waals surface area contributed by atoms with Gasteiger partial charge in [-0.05, 0) is 13.0 Å². The fourth-order valence-electron chi connectivity index (χ4n) is 2.34. The minimum absolute atomic E-state index is 0.285. The van der Waals surface area contributed by atoms with Crippen LogP contribution in [0.1, 0.15) is 31.4 Å². The number of rotatable bonds is 3. The summed E-state index contributed by atoms with van der Waals surface area (Å²) < 4.78 is 5.35. The Morgan fingerprint density at radius 3 is 2.43 bits per heavy atom. The molecule has 21 heavy (non-hydrogen) atoms. The topological polar surface area (TPSA) is 71.2 Å². The van der Waals surface area contributed by atoms with E-state index in [1.807, 2.05) is 13.0 Å². The van der Waals surface area contributed by atoms with Crippen molar-refractivity contribution < 1.29 is 4.52 Å². The van der Waals surface area contributed by atoms with Gasteiger partial charge in [-0.1, -0.05) is 19.0 Å². The van der Waals surface area contributed by atoms with E-state index in [4.69, 9.17) is 4.52 Å². The molecule has 1 aliphatic rings. The van der Waals surface area contributed by atoms with Gasteiger partial charge < -0.3 is 14.3 Å². The molecule has 0 amide bonds. The summed E-state index contributed by atoms with van der Waals surface area (Å²) in [6.07, 6.45) is 1.80. The summed E-state index contributed by atoms with van der Waals surface area (Å²) in [5.41, 5.74) is 0. The predicted octanol–water partition coefficient (Wildman–Crippen LogP) is 1.62. The van der Waals surface area contributed by atoms with Crippen molar-refractivity contribution in [2.45, 2.75) is 26.7 Å². The van der Waals surface area contributed by atoms with E-state index in [2.05, 4.69) is 43.8 Å². The third kappa shape index (κ3) is 2.96. The highest BCUT2D eigenvalue weighted by Gasteiger charge is 2.22. The van der Waals surface area contributed by atoms with Gasteiger partial charge in [-0.15, -0.1) is 0 Å². The number of aromatic nitrogens is 4. The van der Waals surface area contributed by atoms with Crippen molar-refractivity contribution in [3.05, 3.63) is 23.9 Å². The Bertz CT molecular complexity index is 603. The smallest absolute Gasteiger partial charge is 0.324 e. The molecule has 1 aliphatic heterocycles. The number of hydrogen-bond donors (Lipinski definition) is 0. The van der Waals surface area contributed by atoms with Crippen LogP contribution < -0.4 is 9.80 Å². The van der Waals surface area contributed by atoms with Gasteiger partial charge in [-0.2, -0.15) is 4.98 Å². The average molecular weight is 288 g/mol. The highest BCUT2D eigenvalue weighted by molar-refractivity contribution is 5.41. The first-order valence-corrected chi connectivity index (χ1v) is 7.26. The molecule has 1 fully saturated rings. The number of piperazine rings is 1. The zero-order chi connectivity index (χ0) is 14.8. The van der Waals surface area contributed by atoms with Gasteiger partial charge in [0, 0.05) is 38.3 Å². The second-order valence-electron chi connectivity index (χ2n) is 5.53. The Kier molecular flexibility index (Phi) is 3.72. The minimum atomic E-state index is 0.285. The van der Waals surface area contributed by atoms with Gasteiger partial charge in [0.1, 0.15) is 11.6 Å². The van der Waals surface area contributed by atoms with Crippen molar-refractivity contribution in [2.75, 3.05) is 36.0 Å². The molecule has 2 aromatic heterocycles. The van der Waals surface area contributed by atoms with E-state index >= 15 is 0 Å². The molecule has 2 aromatic rings. The van der Waals surface area contributed by atoms with Gasteiger partial charge in [0.25, 0.3) is 0 Å². The summed E-state index contributed by atoms with van der Waals surface area (Å²) >= 11 is 0. The Morgan fingerprint density at radius 2 is 1.81 bits per heavy atom. The van der Waals surface area contributed by atoms with Crippen LogP contribution in [-0.4, -0.2) is 46.3 Å². The van der Waals surface area contributed by atoms with Crippen LogP contribution in [0.2, 0.25) is 0 Å². The zero-order valence-electron chi connectivity index (χ0n) is 12.7. The first-order chi connectivity index (χ1) is 10.1. The molecule has 0 saturated carbocycles. The van der Waals surface area contributed by atoms with E-state index in [0.717, 1.165) is 43.6 Å². The Balaban J connectivity index is 1.64. The Morgan fingerprint density at radius 1 is 1.10 bits per heavy atom. The highest BCUT2D eigenvalue weighted by Crippen LogP contribution is 2.19. The van der Waals surface area contributed by atoms with E-state index in [1.165, 1.54) is 0 Å². The quantitative estimate of drug-likeness (QED) is 0.849. The summed E-state index contributed by atoms with van der Waals surface area (Å²) in [5.74, 6) is 2.83. The van der Waals surface area contributed by atoms with E-state index in [0.29, 0.717) is 6.01 Å². The van der Waals surface area contributed by atoms with Crippen molar-refractivity contribution in [1.82, 2.24) is 20.1 Å². The number of nitrogens with zero attached hydrogens (tertiary/aromatic N) is 6. The van der Waals surface area contributed by atoms with Crippen LogP contribution in [0.25, 0.3) is 0 Å². The van der Waals surface area contributed by atoms with E-state index in [-0.39, 0.29) is 5.92 Å². The monoisotopic (exact) mass is 288 g/mol. The second-order valence-corrected chi connectivity index (χ2v) is 5.53. The maximum absolute atomic E-state index is 5.35. The lowest BCUT2D eigenvalue weighted by molar-refractivity contribution is 0.400. The first kappa shape index (κ1) is 13.8. The largest absolute Gasteiger partial charge is 0.353 e. The van der Waals surface area contributed by atoms with Crippen molar-refractivity contribution in [2.24, 2.45) is 0 Å². The molecule has 3 rings (SSSR count). The van der Waals surface area contributed by atoms with Crippen LogP contribution in [0.3, 0.4) is 0 Å². The van der Waals surface area contributed by atoms with Crippen molar-refractivity contribution in [3.63, 3.8) is 0 Å². The molecule has 0 aliphatic carbocycles. The molecular formula is C14H20N6O. The maximum Gasteiger partial charge on any atom is 0.324 e. The lowest BCUT2D eigenvalue weighted by Crippen LogP contribution is -2.47. The van der Waals surface area contributed by atoms with Gasteiger partial charge in [-0.3, -0.25) is 0 Å². The number of hydrogen-bond acceptors (Lipinski definition) is 7. The Hall–Kier alpha value is -2.18. The van der Waals surface area contributed by atoms with Crippen molar-refractivity contribution in [1.29, 1.82) is 0 Å². The summed E-state index contributed by atoms with van der Waals surface area (Å²) in [6.45, 7) is 9.50. The predicted molar refractivity (Wildman–Crippen MR) is 79.6 cm³/mol. The molecule has 0 radical (unpaired) electrons. The standard InChI is InChI=1S/C14H20N6O/c1-10(2)13-17-14(21-18-13)20-8-6-19(7-9-20)12-4-5-15-11(3)16-12/h4-5,10H,6-9H2,1-3H3. The van der Waals surface area contributed by atoms with Crippen molar-refractivity contribution >= 4 is 11.8 Å². The van der Waals surface area contributed by atoms with Crippen LogP contribution in [0, 0.1) is 6.92 Å². The fourth-order valence-corrected chi connectivity index (χ4v) is 2.34. The van der Waals surface area contributed by atoms with E-state index < -0.39 is 0 Å². The first-order valence-electron chi connectivity index (χ1n) is 7.26. The van der Waals surface area contributed by atoms with E-state index in [1.54, 1.807) is 6.20 Å². The molecule has 3 heterocycles. The molecule has 0 aromatic carbocycles. The van der Waals surface area contributed by atoms with Crippen LogP contribution in [0.15, 0.2) is 16.8 Å². The molecule has 0 unspecified atom stereocenters. The van der Waals surface area contributed by atoms with E-state index in [9.17, 15) is 0 Å². The second kappa shape index (κ2) is 5.67. The van der Waals surface area contributed by atoms with Gasteiger partial charge in [0.15, 0.2) is 5.82 Å². The third-order valence-corrected chi connectivity index (χ3v) is 3.58. The normalized spacial score (nSPS) is 15.8. The minimum Gasteiger partial charge on any atom is -0.353 e. The van der Waals surface area contributed by atoms with Gasteiger partial charge in [0.05, 0.1) is 0 Å². The van der Waals surface area contributed by atoms with Crippen molar-refractivity contribution in [3.8, 4) is 0 Å². The zero-order valence-corrected chi connectivity index (χ0v) is 12.7. The number of aryl methyl sites for hydroxylation is 1. The SMILES string of the molecule is Cc1nccc(N2CCN(c3nc(C(C)C)no3)CC2)n1. The average Bonchev–Trinajstić information content (AvgIpc) is 2.97. The molecular weight excluding hydrogens is 268 g/mol. The summed E-state index contributed by atoms with van der Waals surface area (Å²) in [6, 6.07) is 2.57. The van der Waals surface area contributed by atoms with Crippen LogP contribution >= 0.6 is 0 Å². The summed E-state index contributed by atoms with van der Waals surface area (Å²) in [5, 5.41) is 4.02. The molecule has 1 saturated heterocycles. The Labute approximate surface area is 124 Å². The molecule has 7 nitrogen and oxygen atoms in total.